The molecule has 0 aromatic heterocycles. The fraction of sp³-hybridized carbons (Fsp3) is 0.455. The van der Waals surface area contributed by atoms with Crippen molar-refractivity contribution in [1.82, 2.24) is 5.32 Å². The van der Waals surface area contributed by atoms with Crippen LogP contribution >= 0.6 is 0 Å². The molecule has 88 valence electrons. The molecule has 5 heteroatoms. The average Bonchev–Trinajstić information content (AvgIpc) is 2.30. The Morgan fingerprint density at radius 2 is 2.31 bits per heavy atom. The Bertz CT molecular complexity index is 341. The fourth-order valence-corrected chi connectivity index (χ4v) is 1.67. The summed E-state index contributed by atoms with van der Waals surface area (Å²) < 4.78 is 33.9. The molecule has 0 spiro atoms. The molecule has 1 aromatic carbocycles. The lowest BCUT2D eigenvalue weighted by molar-refractivity contribution is -0.0501. The molecule has 0 aliphatic carbocycles. The van der Waals surface area contributed by atoms with Gasteiger partial charge in [0.1, 0.15) is 5.75 Å². The third-order valence-corrected chi connectivity index (χ3v) is 2.38. The number of hydrogen-bond donors (Lipinski definition) is 1. The van der Waals surface area contributed by atoms with Crippen LogP contribution in [0.3, 0.4) is 0 Å². The van der Waals surface area contributed by atoms with Gasteiger partial charge in [-0.1, -0.05) is 12.1 Å². The Kier molecular flexibility index (Phi) is 3.69. The highest BCUT2D eigenvalue weighted by molar-refractivity contribution is 5.30. The number of benzene rings is 1. The highest BCUT2D eigenvalue weighted by atomic mass is 19.3. The molecule has 1 heterocycles. The van der Waals surface area contributed by atoms with E-state index in [9.17, 15) is 8.78 Å². The number of rotatable bonds is 3. The minimum Gasteiger partial charge on any atom is -0.435 e. The van der Waals surface area contributed by atoms with Gasteiger partial charge in [0.15, 0.2) is 0 Å². The highest BCUT2D eigenvalue weighted by Gasteiger charge is 2.16. The van der Waals surface area contributed by atoms with Crippen LogP contribution in [0.5, 0.6) is 5.75 Å². The van der Waals surface area contributed by atoms with Crippen molar-refractivity contribution in [3.63, 3.8) is 0 Å². The summed E-state index contributed by atoms with van der Waals surface area (Å²) in [6.45, 7) is -0.646. The van der Waals surface area contributed by atoms with Gasteiger partial charge in [-0.3, -0.25) is 0 Å². The second kappa shape index (κ2) is 5.23. The number of alkyl halides is 2. The first-order valence-corrected chi connectivity index (χ1v) is 5.13. The maximum atomic E-state index is 12.0. The van der Waals surface area contributed by atoms with Crippen molar-refractivity contribution in [2.45, 2.75) is 12.7 Å². The molecule has 0 amide bonds. The Morgan fingerprint density at radius 3 is 3.00 bits per heavy atom. The van der Waals surface area contributed by atoms with E-state index in [2.05, 4.69) is 10.1 Å². The van der Waals surface area contributed by atoms with Crippen molar-refractivity contribution < 1.29 is 18.3 Å². The van der Waals surface area contributed by atoms with E-state index in [0.717, 1.165) is 12.1 Å². The molecule has 0 radical (unpaired) electrons. The molecule has 1 aliphatic heterocycles. The Morgan fingerprint density at radius 1 is 1.44 bits per heavy atom. The molecule has 1 saturated heterocycles. The largest absolute Gasteiger partial charge is 0.435 e. The monoisotopic (exact) mass is 229 g/mol. The molecule has 1 aromatic rings. The van der Waals surface area contributed by atoms with Crippen LogP contribution in [0.25, 0.3) is 0 Å². The topological polar surface area (TPSA) is 30.5 Å². The van der Waals surface area contributed by atoms with Gasteiger partial charge in [-0.2, -0.15) is 8.78 Å². The van der Waals surface area contributed by atoms with Crippen LogP contribution in [0.1, 0.15) is 11.7 Å². The number of hydrogen-bond acceptors (Lipinski definition) is 3. The van der Waals surface area contributed by atoms with Crippen molar-refractivity contribution in [2.24, 2.45) is 0 Å². The molecule has 16 heavy (non-hydrogen) atoms. The van der Waals surface area contributed by atoms with Crippen molar-refractivity contribution in [2.75, 3.05) is 19.7 Å². The van der Waals surface area contributed by atoms with Gasteiger partial charge in [0.05, 0.1) is 12.7 Å². The van der Waals surface area contributed by atoms with E-state index in [0.29, 0.717) is 13.2 Å². The summed E-state index contributed by atoms with van der Waals surface area (Å²) in [4.78, 5) is 0. The number of nitrogens with one attached hydrogen (secondary N) is 1. The summed E-state index contributed by atoms with van der Waals surface area (Å²) >= 11 is 0. The molecule has 3 nitrogen and oxygen atoms in total. The summed E-state index contributed by atoms with van der Waals surface area (Å²) in [5.41, 5.74) is 0.852. The summed E-state index contributed by atoms with van der Waals surface area (Å²) in [5, 5.41) is 3.18. The van der Waals surface area contributed by atoms with Crippen LogP contribution in [0.4, 0.5) is 8.78 Å². The Labute approximate surface area is 92.4 Å². The normalized spacial score (nSPS) is 21.1. The summed E-state index contributed by atoms with van der Waals surface area (Å²) in [6, 6.07) is 6.62. The molecule has 0 bridgehead atoms. The molecular formula is C11H13F2NO2. The summed E-state index contributed by atoms with van der Waals surface area (Å²) in [6.07, 6.45) is -0.0880. The average molecular weight is 229 g/mol. The first-order valence-electron chi connectivity index (χ1n) is 5.13. The first-order chi connectivity index (χ1) is 7.75. The predicted molar refractivity (Wildman–Crippen MR) is 54.6 cm³/mol. The zero-order valence-corrected chi connectivity index (χ0v) is 8.66. The van der Waals surface area contributed by atoms with Crippen LogP contribution in [0.2, 0.25) is 0 Å². The van der Waals surface area contributed by atoms with Gasteiger partial charge in [-0.05, 0) is 17.7 Å². The van der Waals surface area contributed by atoms with E-state index >= 15 is 0 Å². The van der Waals surface area contributed by atoms with Gasteiger partial charge < -0.3 is 14.8 Å². The van der Waals surface area contributed by atoms with Crippen LogP contribution in [0, 0.1) is 0 Å². The van der Waals surface area contributed by atoms with Gasteiger partial charge in [-0.15, -0.1) is 0 Å². The van der Waals surface area contributed by atoms with Gasteiger partial charge in [0, 0.05) is 13.1 Å². The van der Waals surface area contributed by atoms with E-state index in [1.54, 1.807) is 12.1 Å². The van der Waals surface area contributed by atoms with E-state index in [1.807, 2.05) is 6.07 Å². The van der Waals surface area contributed by atoms with Crippen molar-refractivity contribution >= 4 is 0 Å². The smallest absolute Gasteiger partial charge is 0.387 e. The second-order valence-electron chi connectivity index (χ2n) is 3.51. The van der Waals surface area contributed by atoms with Crippen molar-refractivity contribution in [3.05, 3.63) is 29.8 Å². The maximum absolute atomic E-state index is 12.0. The minimum atomic E-state index is -2.79. The Hall–Kier alpha value is -1.20. The number of morpholine rings is 1. The van der Waals surface area contributed by atoms with Crippen LogP contribution < -0.4 is 10.1 Å². The Balaban J connectivity index is 2.08. The van der Waals surface area contributed by atoms with Crippen LogP contribution in [-0.2, 0) is 4.74 Å². The van der Waals surface area contributed by atoms with Crippen LogP contribution in [-0.4, -0.2) is 26.3 Å². The van der Waals surface area contributed by atoms with Gasteiger partial charge in [-0.25, -0.2) is 0 Å². The molecule has 1 N–H and O–H groups in total. The van der Waals surface area contributed by atoms with E-state index in [1.165, 1.54) is 6.07 Å². The van der Waals surface area contributed by atoms with Gasteiger partial charge in [0.2, 0.25) is 0 Å². The predicted octanol–water partition coefficient (Wildman–Crippen LogP) is 1.95. The first kappa shape index (κ1) is 11.3. The molecule has 1 unspecified atom stereocenters. The lowest BCUT2D eigenvalue weighted by atomic mass is 10.1. The SMILES string of the molecule is FC(F)Oc1cccc(C2CNCCO2)c1. The van der Waals surface area contributed by atoms with Crippen LogP contribution in [0.15, 0.2) is 24.3 Å². The highest BCUT2D eigenvalue weighted by Crippen LogP contribution is 2.23. The fourth-order valence-electron chi connectivity index (χ4n) is 1.67. The van der Waals surface area contributed by atoms with E-state index < -0.39 is 6.61 Å². The lowest BCUT2D eigenvalue weighted by Gasteiger charge is -2.24. The summed E-state index contributed by atoms with van der Waals surface area (Å²) in [7, 11) is 0. The standard InChI is InChI=1S/C11H13F2NO2/c12-11(13)16-9-3-1-2-8(6-9)10-7-14-4-5-15-10/h1-3,6,10-11,14H,4-5,7H2. The molecular weight excluding hydrogens is 216 g/mol. The van der Waals surface area contributed by atoms with Gasteiger partial charge >= 0.3 is 6.61 Å². The molecule has 1 aliphatic rings. The number of ether oxygens (including phenoxy) is 2. The third kappa shape index (κ3) is 2.90. The maximum Gasteiger partial charge on any atom is 0.387 e. The van der Waals surface area contributed by atoms with E-state index in [4.69, 9.17) is 4.74 Å². The van der Waals surface area contributed by atoms with Crippen molar-refractivity contribution in [3.8, 4) is 5.75 Å². The summed E-state index contributed by atoms with van der Waals surface area (Å²) in [5.74, 6) is 0.168. The lowest BCUT2D eigenvalue weighted by Crippen LogP contribution is -2.33. The zero-order valence-electron chi connectivity index (χ0n) is 8.66. The van der Waals surface area contributed by atoms with E-state index in [-0.39, 0.29) is 11.9 Å². The molecule has 2 rings (SSSR count). The van der Waals surface area contributed by atoms with Crippen molar-refractivity contribution in [1.29, 1.82) is 0 Å². The van der Waals surface area contributed by atoms with Gasteiger partial charge in [0.25, 0.3) is 0 Å². The minimum absolute atomic E-state index is 0.0880. The second-order valence-corrected chi connectivity index (χ2v) is 3.51. The quantitative estimate of drug-likeness (QED) is 0.859. The molecule has 1 atom stereocenters. The third-order valence-electron chi connectivity index (χ3n) is 2.38. The molecule has 0 saturated carbocycles. The zero-order chi connectivity index (χ0) is 11.4. The number of halogens is 2. The molecule has 1 fully saturated rings.